The summed E-state index contributed by atoms with van der Waals surface area (Å²) in [4.78, 5) is 30.4. The molecule has 1 aromatic carbocycles. The Balaban J connectivity index is 1.50. The number of carbonyl (C=O) groups is 2. The van der Waals surface area contributed by atoms with Crippen LogP contribution >= 0.6 is 23.2 Å². The summed E-state index contributed by atoms with van der Waals surface area (Å²) in [5.41, 5.74) is 0.765. The maximum absolute atomic E-state index is 12.6. The Bertz CT molecular complexity index is 820. The first-order valence-corrected chi connectivity index (χ1v) is 11.4. The number of aliphatic hydroxyl groups excluding tert-OH is 2. The van der Waals surface area contributed by atoms with E-state index in [1.54, 1.807) is 34.1 Å². The van der Waals surface area contributed by atoms with E-state index in [9.17, 15) is 19.8 Å². The van der Waals surface area contributed by atoms with Crippen LogP contribution in [0.2, 0.25) is 10.0 Å². The van der Waals surface area contributed by atoms with Crippen LogP contribution in [0.4, 0.5) is 0 Å². The van der Waals surface area contributed by atoms with E-state index in [0.29, 0.717) is 42.8 Å². The van der Waals surface area contributed by atoms with Crippen LogP contribution in [-0.4, -0.2) is 94.7 Å². The average Bonchev–Trinajstić information content (AvgIpc) is 2.90. The number of piperidine rings is 1. The topological polar surface area (TPSA) is 84.3 Å². The molecule has 170 valence electrons. The molecule has 2 unspecified atom stereocenters. The molecule has 0 aliphatic carbocycles. The van der Waals surface area contributed by atoms with Gasteiger partial charge in [0.05, 0.1) is 22.3 Å². The van der Waals surface area contributed by atoms with Crippen LogP contribution in [0.3, 0.4) is 0 Å². The lowest BCUT2D eigenvalue weighted by Crippen LogP contribution is -2.47. The summed E-state index contributed by atoms with van der Waals surface area (Å²) in [6, 6.07) is 5.13. The molecule has 2 heterocycles. The first-order valence-electron chi connectivity index (χ1n) is 10.6. The van der Waals surface area contributed by atoms with Gasteiger partial charge in [-0.2, -0.15) is 0 Å². The van der Waals surface area contributed by atoms with Gasteiger partial charge in [-0.25, -0.2) is 0 Å². The molecule has 0 radical (unpaired) electrons. The predicted octanol–water partition coefficient (Wildman–Crippen LogP) is 1.89. The molecule has 2 aliphatic rings. The van der Waals surface area contributed by atoms with E-state index in [1.165, 1.54) is 6.08 Å². The molecule has 0 spiro atoms. The number of nitrogens with zero attached hydrogens (tertiary/aromatic N) is 3. The third kappa shape index (κ3) is 7.19. The second-order valence-electron chi connectivity index (χ2n) is 8.13. The third-order valence-corrected chi connectivity index (χ3v) is 6.38. The molecular weight excluding hydrogens is 441 g/mol. The summed E-state index contributed by atoms with van der Waals surface area (Å²) in [6.07, 6.45) is 4.02. The largest absolute Gasteiger partial charge is 0.392 e. The van der Waals surface area contributed by atoms with Crippen LogP contribution in [0.15, 0.2) is 24.3 Å². The normalized spacial score (nSPS) is 22.1. The molecular formula is C22H29Cl2N3O4. The maximum atomic E-state index is 12.6. The lowest BCUT2D eigenvalue weighted by Gasteiger charge is -2.33. The minimum atomic E-state index is -0.689. The highest BCUT2D eigenvalue weighted by Crippen LogP contribution is 2.23. The Morgan fingerprint density at radius 3 is 2.71 bits per heavy atom. The molecule has 2 atom stereocenters. The number of likely N-dealkylation sites (tertiary alicyclic amines) is 1. The smallest absolute Gasteiger partial charge is 0.246 e. The van der Waals surface area contributed by atoms with Gasteiger partial charge in [0, 0.05) is 51.8 Å². The number of amides is 2. The number of hydrogen-bond acceptors (Lipinski definition) is 5. The lowest BCUT2D eigenvalue weighted by atomic mass is 10.1. The van der Waals surface area contributed by atoms with E-state index in [4.69, 9.17) is 23.2 Å². The van der Waals surface area contributed by atoms with Crippen molar-refractivity contribution in [3.05, 3.63) is 39.9 Å². The molecule has 0 bridgehead atoms. The molecule has 2 aliphatic heterocycles. The number of hydrogen-bond donors (Lipinski definition) is 2. The molecule has 2 amide bonds. The summed E-state index contributed by atoms with van der Waals surface area (Å²) >= 11 is 11.9. The summed E-state index contributed by atoms with van der Waals surface area (Å²) in [5, 5.41) is 21.1. The van der Waals surface area contributed by atoms with Crippen LogP contribution in [0.5, 0.6) is 0 Å². The van der Waals surface area contributed by atoms with Gasteiger partial charge in [-0.3, -0.25) is 14.5 Å². The van der Waals surface area contributed by atoms with E-state index >= 15 is 0 Å². The summed E-state index contributed by atoms with van der Waals surface area (Å²) in [7, 11) is 0. The highest BCUT2D eigenvalue weighted by atomic mass is 35.5. The van der Waals surface area contributed by atoms with E-state index < -0.39 is 6.10 Å². The zero-order valence-corrected chi connectivity index (χ0v) is 18.9. The second kappa shape index (κ2) is 11.3. The molecule has 9 heteroatoms. The molecule has 1 aromatic rings. The summed E-state index contributed by atoms with van der Waals surface area (Å²) < 4.78 is 0. The summed E-state index contributed by atoms with van der Waals surface area (Å²) in [6.45, 7) is 3.18. The molecule has 2 N–H and O–H groups in total. The van der Waals surface area contributed by atoms with Crippen molar-refractivity contribution in [1.82, 2.24) is 14.7 Å². The average molecular weight is 470 g/mol. The van der Waals surface area contributed by atoms with Crippen molar-refractivity contribution in [2.75, 3.05) is 45.8 Å². The molecule has 2 fully saturated rings. The van der Waals surface area contributed by atoms with Gasteiger partial charge in [0.25, 0.3) is 0 Å². The van der Waals surface area contributed by atoms with Gasteiger partial charge < -0.3 is 20.0 Å². The highest BCUT2D eigenvalue weighted by Gasteiger charge is 2.26. The summed E-state index contributed by atoms with van der Waals surface area (Å²) in [5.74, 6) is -0.245. The van der Waals surface area contributed by atoms with Crippen molar-refractivity contribution >= 4 is 41.1 Å². The quantitative estimate of drug-likeness (QED) is 0.621. The molecule has 0 aromatic heterocycles. The van der Waals surface area contributed by atoms with Crippen LogP contribution in [0.1, 0.15) is 24.8 Å². The molecule has 2 saturated heterocycles. The number of carbonyl (C=O) groups excluding carboxylic acids is 2. The monoisotopic (exact) mass is 469 g/mol. The molecule has 3 rings (SSSR count). The first-order chi connectivity index (χ1) is 14.8. The Hall–Kier alpha value is -1.64. The predicted molar refractivity (Wildman–Crippen MR) is 121 cm³/mol. The Morgan fingerprint density at radius 1 is 1.16 bits per heavy atom. The van der Waals surface area contributed by atoms with E-state index in [-0.39, 0.29) is 30.9 Å². The first kappa shape index (κ1) is 24.0. The van der Waals surface area contributed by atoms with Crippen LogP contribution in [0.25, 0.3) is 6.08 Å². The van der Waals surface area contributed by atoms with Crippen molar-refractivity contribution < 1.29 is 19.8 Å². The maximum Gasteiger partial charge on any atom is 0.246 e. The number of benzene rings is 1. The lowest BCUT2D eigenvalue weighted by molar-refractivity contribution is -0.132. The van der Waals surface area contributed by atoms with Crippen LogP contribution < -0.4 is 0 Å². The zero-order valence-electron chi connectivity index (χ0n) is 17.4. The fourth-order valence-corrected chi connectivity index (χ4v) is 4.28. The van der Waals surface area contributed by atoms with Gasteiger partial charge in [0.15, 0.2) is 0 Å². The molecule has 0 saturated carbocycles. The van der Waals surface area contributed by atoms with Crippen molar-refractivity contribution in [2.24, 2.45) is 0 Å². The van der Waals surface area contributed by atoms with E-state index in [1.807, 2.05) is 4.90 Å². The Labute approximate surface area is 192 Å². The number of aliphatic hydroxyl groups is 2. The fraction of sp³-hybridized carbons (Fsp3) is 0.545. The molecule has 7 nitrogen and oxygen atoms in total. The van der Waals surface area contributed by atoms with Crippen LogP contribution in [-0.2, 0) is 9.59 Å². The van der Waals surface area contributed by atoms with Gasteiger partial charge in [-0.1, -0.05) is 29.3 Å². The van der Waals surface area contributed by atoms with Gasteiger partial charge in [0.2, 0.25) is 11.8 Å². The van der Waals surface area contributed by atoms with Gasteiger partial charge in [-0.15, -0.1) is 0 Å². The highest BCUT2D eigenvalue weighted by molar-refractivity contribution is 6.42. The Morgan fingerprint density at radius 2 is 1.97 bits per heavy atom. The fourth-order valence-electron chi connectivity index (χ4n) is 3.98. The van der Waals surface area contributed by atoms with E-state index in [0.717, 1.165) is 24.9 Å². The van der Waals surface area contributed by atoms with Gasteiger partial charge in [-0.05, 0) is 43.2 Å². The standard InChI is InChI=1S/C22H29Cl2N3O4/c23-19-5-3-16(12-20(19)24)4-6-21(30)26-9-7-22(31)27(11-10-26)15-18(29)14-25-8-1-2-17(28)13-25/h3-6,12,17-18,28-29H,1-2,7-11,13-15H2/b6-4+. The van der Waals surface area contributed by atoms with E-state index in [2.05, 4.69) is 0 Å². The minimum absolute atomic E-state index is 0.0681. The van der Waals surface area contributed by atoms with Crippen molar-refractivity contribution in [1.29, 1.82) is 0 Å². The Kier molecular flexibility index (Phi) is 8.75. The molecule has 31 heavy (non-hydrogen) atoms. The van der Waals surface area contributed by atoms with Gasteiger partial charge in [0.1, 0.15) is 0 Å². The van der Waals surface area contributed by atoms with Gasteiger partial charge >= 0.3 is 0 Å². The third-order valence-electron chi connectivity index (χ3n) is 5.64. The minimum Gasteiger partial charge on any atom is -0.392 e. The zero-order chi connectivity index (χ0) is 22.4. The van der Waals surface area contributed by atoms with Crippen molar-refractivity contribution in [3.63, 3.8) is 0 Å². The second-order valence-corrected chi connectivity index (χ2v) is 8.95. The SMILES string of the molecule is O=C(/C=C/c1ccc(Cl)c(Cl)c1)N1CCC(=O)N(CC(O)CN2CCCC(O)C2)CC1. The number of halogens is 2. The van der Waals surface area contributed by atoms with Crippen molar-refractivity contribution in [3.8, 4) is 0 Å². The van der Waals surface area contributed by atoms with Crippen LogP contribution in [0, 0.1) is 0 Å². The number of rotatable bonds is 6. The van der Waals surface area contributed by atoms with Crippen molar-refractivity contribution in [2.45, 2.75) is 31.5 Å². The number of β-amino-alcohol motifs (C(OH)–C–C–N with tert-alkyl or cyclic N) is 2.